The summed E-state index contributed by atoms with van der Waals surface area (Å²) in [6.45, 7) is 4.20. The number of carbonyl (C=O) groups excluding carboxylic acids is 1. The molecule has 6 nitrogen and oxygen atoms in total. The standard InChI is InChI=1S/C24H23ClFN3O3/c1-24(19-6-5-16(25)11-20(19)26)31-21-4-2-3-18(23(21)32-24)15-7-9-29(10-8-15)13-22-27-12-17(14-30)28-22/h2-6,11-12,14-15H,7-10,13H2,1H3,(H,27,28)/t24-/m0/s1. The Labute approximate surface area is 190 Å². The van der Waals surface area contributed by atoms with Gasteiger partial charge in [0, 0.05) is 17.5 Å². The first-order valence-electron chi connectivity index (χ1n) is 10.6. The van der Waals surface area contributed by atoms with E-state index < -0.39 is 11.6 Å². The molecular formula is C24H23ClFN3O3. The van der Waals surface area contributed by atoms with Crippen LogP contribution >= 0.6 is 11.6 Å². The Kier molecular flexibility index (Phi) is 5.39. The number of piperidine rings is 1. The fourth-order valence-corrected chi connectivity index (χ4v) is 4.73. The number of fused-ring (bicyclic) bond motifs is 1. The smallest absolute Gasteiger partial charge is 0.278 e. The number of ether oxygens (including phenoxy) is 2. The quantitative estimate of drug-likeness (QED) is 0.546. The van der Waals surface area contributed by atoms with Crippen LogP contribution in [-0.2, 0) is 12.3 Å². The first-order chi connectivity index (χ1) is 15.4. The van der Waals surface area contributed by atoms with E-state index in [-0.39, 0.29) is 0 Å². The van der Waals surface area contributed by atoms with Crippen LogP contribution in [0.15, 0.2) is 42.6 Å². The molecule has 0 aliphatic carbocycles. The fourth-order valence-electron chi connectivity index (χ4n) is 4.57. The highest BCUT2D eigenvalue weighted by atomic mass is 35.5. The van der Waals surface area contributed by atoms with Crippen molar-refractivity contribution in [1.29, 1.82) is 0 Å². The number of aldehydes is 1. The molecule has 1 saturated heterocycles. The van der Waals surface area contributed by atoms with Gasteiger partial charge < -0.3 is 14.5 Å². The molecule has 32 heavy (non-hydrogen) atoms. The van der Waals surface area contributed by atoms with Crippen LogP contribution in [0.5, 0.6) is 11.5 Å². The molecule has 8 heteroatoms. The van der Waals surface area contributed by atoms with Gasteiger partial charge in [0.15, 0.2) is 17.8 Å². The molecule has 0 radical (unpaired) electrons. The number of hydrogen-bond donors (Lipinski definition) is 1. The van der Waals surface area contributed by atoms with Crippen LogP contribution in [0.2, 0.25) is 5.02 Å². The van der Waals surface area contributed by atoms with Crippen molar-refractivity contribution in [3.05, 3.63) is 76.1 Å². The number of H-pyrrole nitrogens is 1. The molecule has 0 saturated carbocycles. The molecule has 0 bridgehead atoms. The number of para-hydroxylation sites is 1. The maximum atomic E-state index is 14.6. The van der Waals surface area contributed by atoms with Crippen molar-refractivity contribution < 1.29 is 18.7 Å². The number of halogens is 2. The lowest BCUT2D eigenvalue weighted by atomic mass is 9.88. The minimum absolute atomic E-state index is 0.310. The Morgan fingerprint density at radius 2 is 2.09 bits per heavy atom. The number of aromatic amines is 1. The van der Waals surface area contributed by atoms with Crippen molar-refractivity contribution in [3.8, 4) is 11.5 Å². The van der Waals surface area contributed by atoms with E-state index in [1.807, 2.05) is 12.1 Å². The highest BCUT2D eigenvalue weighted by molar-refractivity contribution is 6.30. The first kappa shape index (κ1) is 21.0. The van der Waals surface area contributed by atoms with Gasteiger partial charge in [0.25, 0.3) is 5.79 Å². The maximum absolute atomic E-state index is 14.6. The summed E-state index contributed by atoms with van der Waals surface area (Å²) < 4.78 is 26.9. The van der Waals surface area contributed by atoms with Gasteiger partial charge in [0.1, 0.15) is 11.6 Å². The van der Waals surface area contributed by atoms with Crippen LogP contribution in [0, 0.1) is 5.82 Å². The van der Waals surface area contributed by atoms with Crippen LogP contribution in [0.3, 0.4) is 0 Å². The van der Waals surface area contributed by atoms with Gasteiger partial charge in [-0.25, -0.2) is 9.37 Å². The largest absolute Gasteiger partial charge is 0.444 e. The van der Waals surface area contributed by atoms with Gasteiger partial charge in [0.2, 0.25) is 0 Å². The van der Waals surface area contributed by atoms with E-state index in [9.17, 15) is 9.18 Å². The molecule has 1 atom stereocenters. The van der Waals surface area contributed by atoms with Crippen LogP contribution in [-0.4, -0.2) is 34.2 Å². The van der Waals surface area contributed by atoms with Gasteiger partial charge in [-0.2, -0.15) is 0 Å². The molecular weight excluding hydrogens is 433 g/mol. The maximum Gasteiger partial charge on any atom is 0.278 e. The number of likely N-dealkylation sites (tertiary alicyclic amines) is 1. The van der Waals surface area contributed by atoms with Crippen LogP contribution in [0.25, 0.3) is 0 Å². The van der Waals surface area contributed by atoms with Crippen molar-refractivity contribution >= 4 is 17.9 Å². The fraction of sp³-hybridized carbons (Fsp3) is 0.333. The number of benzene rings is 2. The van der Waals surface area contributed by atoms with Crippen LogP contribution in [0.1, 0.15) is 53.1 Å². The third kappa shape index (κ3) is 3.87. The zero-order valence-electron chi connectivity index (χ0n) is 17.6. The summed E-state index contributed by atoms with van der Waals surface area (Å²) in [7, 11) is 0. The zero-order valence-corrected chi connectivity index (χ0v) is 18.4. The summed E-state index contributed by atoms with van der Waals surface area (Å²) in [6.07, 6.45) is 4.23. The molecule has 0 unspecified atom stereocenters. The highest BCUT2D eigenvalue weighted by Crippen LogP contribution is 2.49. The summed E-state index contributed by atoms with van der Waals surface area (Å²) >= 11 is 5.91. The van der Waals surface area contributed by atoms with Gasteiger partial charge in [-0.3, -0.25) is 9.69 Å². The molecule has 1 N–H and O–H groups in total. The molecule has 2 aliphatic heterocycles. The SMILES string of the molecule is C[C@]1(c2ccc(Cl)cc2F)Oc2cccc(C3CCN(Cc4ncc(C=O)[nH]4)CC3)c2O1. The lowest BCUT2D eigenvalue weighted by molar-refractivity contribution is -0.0712. The Balaban J connectivity index is 1.30. The molecule has 1 fully saturated rings. The molecule has 3 aromatic rings. The number of imidazole rings is 1. The number of nitrogens with zero attached hydrogens (tertiary/aromatic N) is 2. The second-order valence-corrected chi connectivity index (χ2v) is 8.84. The number of hydrogen-bond acceptors (Lipinski definition) is 5. The minimum Gasteiger partial charge on any atom is -0.444 e. The van der Waals surface area contributed by atoms with Crippen molar-refractivity contribution in [2.24, 2.45) is 0 Å². The topological polar surface area (TPSA) is 67.5 Å². The summed E-state index contributed by atoms with van der Waals surface area (Å²) in [6, 6.07) is 10.4. The third-order valence-corrected chi connectivity index (χ3v) is 6.44. The van der Waals surface area contributed by atoms with Crippen LogP contribution in [0.4, 0.5) is 4.39 Å². The van der Waals surface area contributed by atoms with E-state index in [0.29, 0.717) is 40.2 Å². The van der Waals surface area contributed by atoms with E-state index in [1.54, 1.807) is 25.3 Å². The van der Waals surface area contributed by atoms with E-state index in [4.69, 9.17) is 21.1 Å². The van der Waals surface area contributed by atoms with Crippen molar-refractivity contribution in [2.75, 3.05) is 13.1 Å². The van der Waals surface area contributed by atoms with E-state index >= 15 is 0 Å². The Morgan fingerprint density at radius 3 is 2.81 bits per heavy atom. The zero-order chi connectivity index (χ0) is 22.3. The normalized spacial score (nSPS) is 21.1. The van der Waals surface area contributed by atoms with Crippen molar-refractivity contribution in [2.45, 2.75) is 38.0 Å². The average Bonchev–Trinajstić information content (AvgIpc) is 3.37. The van der Waals surface area contributed by atoms with E-state index in [1.165, 1.54) is 6.07 Å². The molecule has 2 aromatic carbocycles. The average molecular weight is 456 g/mol. The highest BCUT2D eigenvalue weighted by Gasteiger charge is 2.42. The summed E-state index contributed by atoms with van der Waals surface area (Å²) in [5.41, 5.74) is 1.89. The molecule has 1 aromatic heterocycles. The molecule has 2 aliphatic rings. The molecule has 0 spiro atoms. The van der Waals surface area contributed by atoms with Gasteiger partial charge >= 0.3 is 0 Å². The predicted molar refractivity (Wildman–Crippen MR) is 118 cm³/mol. The monoisotopic (exact) mass is 455 g/mol. The third-order valence-electron chi connectivity index (χ3n) is 6.21. The van der Waals surface area contributed by atoms with Gasteiger partial charge in [-0.1, -0.05) is 23.7 Å². The van der Waals surface area contributed by atoms with Crippen molar-refractivity contribution in [3.63, 3.8) is 0 Å². The first-order valence-corrected chi connectivity index (χ1v) is 11.0. The molecule has 3 heterocycles. The molecule has 0 amide bonds. The predicted octanol–water partition coefficient (Wildman–Crippen LogP) is 5.04. The Bertz CT molecular complexity index is 1160. The van der Waals surface area contributed by atoms with E-state index in [0.717, 1.165) is 43.6 Å². The van der Waals surface area contributed by atoms with Gasteiger partial charge in [-0.05, 0) is 56.1 Å². The minimum atomic E-state index is -1.25. The number of carbonyl (C=O) groups is 1. The Morgan fingerprint density at radius 1 is 1.28 bits per heavy atom. The molecule has 5 rings (SSSR count). The summed E-state index contributed by atoms with van der Waals surface area (Å²) in [5.74, 6) is 0.707. The van der Waals surface area contributed by atoms with Crippen molar-refractivity contribution in [1.82, 2.24) is 14.9 Å². The summed E-state index contributed by atoms with van der Waals surface area (Å²) in [5, 5.41) is 0.328. The lowest BCUT2D eigenvalue weighted by Gasteiger charge is -2.32. The van der Waals surface area contributed by atoms with Gasteiger partial charge in [-0.15, -0.1) is 0 Å². The van der Waals surface area contributed by atoms with Gasteiger partial charge in [0.05, 0.1) is 24.0 Å². The summed E-state index contributed by atoms with van der Waals surface area (Å²) in [4.78, 5) is 20.4. The molecule has 166 valence electrons. The number of rotatable bonds is 5. The Hall–Kier alpha value is -2.90. The second-order valence-electron chi connectivity index (χ2n) is 8.40. The lowest BCUT2D eigenvalue weighted by Crippen LogP contribution is -2.34. The van der Waals surface area contributed by atoms with Crippen LogP contribution < -0.4 is 9.47 Å². The second kappa shape index (κ2) is 8.22. The number of aromatic nitrogens is 2. The number of nitrogens with one attached hydrogen (secondary N) is 1. The van der Waals surface area contributed by atoms with E-state index in [2.05, 4.69) is 20.9 Å².